The monoisotopic (exact) mass is 201 g/mol. The SMILES string of the molecule is c1cc2c(cc1C1CC1)CNC21COC1. The topological polar surface area (TPSA) is 21.3 Å². The van der Waals surface area contributed by atoms with Crippen molar-refractivity contribution < 1.29 is 4.74 Å². The Balaban J connectivity index is 1.78. The van der Waals surface area contributed by atoms with E-state index in [9.17, 15) is 0 Å². The molecule has 1 spiro atoms. The minimum atomic E-state index is 0.178. The first-order valence-electron chi connectivity index (χ1n) is 5.83. The molecule has 2 aliphatic heterocycles. The van der Waals surface area contributed by atoms with Crippen LogP contribution >= 0.6 is 0 Å². The van der Waals surface area contributed by atoms with Gasteiger partial charge in [0.05, 0.1) is 18.8 Å². The highest BCUT2D eigenvalue weighted by atomic mass is 16.5. The van der Waals surface area contributed by atoms with Crippen molar-refractivity contribution in [2.75, 3.05) is 13.2 Å². The summed E-state index contributed by atoms with van der Waals surface area (Å²) in [6, 6.07) is 7.06. The maximum atomic E-state index is 5.34. The molecule has 1 saturated heterocycles. The molecule has 1 aromatic carbocycles. The molecule has 2 fully saturated rings. The Kier molecular flexibility index (Phi) is 1.46. The van der Waals surface area contributed by atoms with E-state index in [1.807, 2.05) is 0 Å². The normalized spacial score (nSPS) is 26.4. The molecule has 3 aliphatic rings. The van der Waals surface area contributed by atoms with E-state index in [4.69, 9.17) is 4.74 Å². The van der Waals surface area contributed by atoms with Gasteiger partial charge in [0.15, 0.2) is 0 Å². The lowest BCUT2D eigenvalue weighted by Crippen LogP contribution is -2.53. The first-order valence-corrected chi connectivity index (χ1v) is 5.83. The predicted molar refractivity (Wildman–Crippen MR) is 57.8 cm³/mol. The molecule has 2 heteroatoms. The van der Waals surface area contributed by atoms with E-state index in [1.54, 1.807) is 5.56 Å². The lowest BCUT2D eigenvalue weighted by Gasteiger charge is -2.39. The van der Waals surface area contributed by atoms with Crippen molar-refractivity contribution in [1.29, 1.82) is 0 Å². The van der Waals surface area contributed by atoms with Crippen LogP contribution in [0.3, 0.4) is 0 Å². The van der Waals surface area contributed by atoms with E-state index in [2.05, 4.69) is 23.5 Å². The zero-order valence-corrected chi connectivity index (χ0v) is 8.75. The third-order valence-electron chi connectivity index (χ3n) is 4.01. The summed E-state index contributed by atoms with van der Waals surface area (Å²) in [5, 5.41) is 3.60. The second-order valence-corrected chi connectivity index (χ2v) is 5.12. The lowest BCUT2D eigenvalue weighted by molar-refractivity contribution is -0.0732. The number of nitrogens with one attached hydrogen (secondary N) is 1. The van der Waals surface area contributed by atoms with Gasteiger partial charge in [-0.25, -0.2) is 0 Å². The highest BCUT2D eigenvalue weighted by Gasteiger charge is 2.45. The highest BCUT2D eigenvalue weighted by Crippen LogP contribution is 2.43. The summed E-state index contributed by atoms with van der Waals surface area (Å²) >= 11 is 0. The molecule has 1 saturated carbocycles. The zero-order valence-electron chi connectivity index (χ0n) is 8.75. The Bertz CT molecular complexity index is 419. The molecule has 78 valence electrons. The maximum absolute atomic E-state index is 5.34. The standard InChI is InChI=1S/C13H15NO/c1-2-9(1)10-3-4-12-11(5-10)6-14-13(12)7-15-8-13/h3-5,9,14H,1-2,6-8H2. The molecule has 0 amide bonds. The van der Waals surface area contributed by atoms with Crippen molar-refractivity contribution in [2.24, 2.45) is 0 Å². The van der Waals surface area contributed by atoms with E-state index in [-0.39, 0.29) is 5.54 Å². The minimum absolute atomic E-state index is 0.178. The number of rotatable bonds is 1. The molecule has 0 radical (unpaired) electrons. The maximum Gasteiger partial charge on any atom is 0.0914 e. The first-order chi connectivity index (χ1) is 7.37. The van der Waals surface area contributed by atoms with E-state index in [0.29, 0.717) is 0 Å². The summed E-state index contributed by atoms with van der Waals surface area (Å²) < 4.78 is 5.34. The van der Waals surface area contributed by atoms with Gasteiger partial charge in [0.25, 0.3) is 0 Å². The molecule has 15 heavy (non-hydrogen) atoms. The Labute approximate surface area is 89.6 Å². The fourth-order valence-corrected chi connectivity index (χ4v) is 2.82. The van der Waals surface area contributed by atoms with Gasteiger partial charge < -0.3 is 4.74 Å². The molecule has 0 bridgehead atoms. The molecule has 2 heterocycles. The van der Waals surface area contributed by atoms with Gasteiger partial charge in [0.1, 0.15) is 0 Å². The number of benzene rings is 1. The third-order valence-corrected chi connectivity index (χ3v) is 4.01. The number of fused-ring (bicyclic) bond motifs is 2. The zero-order chi connectivity index (χ0) is 9.88. The summed E-state index contributed by atoms with van der Waals surface area (Å²) in [6.45, 7) is 2.73. The van der Waals surface area contributed by atoms with E-state index in [1.165, 1.54) is 24.0 Å². The molecule has 4 rings (SSSR count). The fourth-order valence-electron chi connectivity index (χ4n) is 2.82. The molecule has 1 aromatic rings. The summed E-state index contributed by atoms with van der Waals surface area (Å²) in [6.07, 6.45) is 2.78. The van der Waals surface area contributed by atoms with Crippen LogP contribution in [0.5, 0.6) is 0 Å². The Hall–Kier alpha value is -0.860. The van der Waals surface area contributed by atoms with Crippen LogP contribution in [0.1, 0.15) is 35.4 Å². The largest absolute Gasteiger partial charge is 0.377 e. The molecular weight excluding hydrogens is 186 g/mol. The van der Waals surface area contributed by atoms with E-state index in [0.717, 1.165) is 25.7 Å². The lowest BCUT2D eigenvalue weighted by atomic mass is 9.88. The fraction of sp³-hybridized carbons (Fsp3) is 0.538. The molecule has 0 unspecified atom stereocenters. The number of ether oxygens (including phenoxy) is 1. The van der Waals surface area contributed by atoms with Crippen molar-refractivity contribution in [3.05, 3.63) is 34.9 Å². The first kappa shape index (κ1) is 8.31. The van der Waals surface area contributed by atoms with Crippen LogP contribution in [0.15, 0.2) is 18.2 Å². The number of hydrogen-bond donors (Lipinski definition) is 1. The van der Waals surface area contributed by atoms with E-state index < -0.39 is 0 Å². The average molecular weight is 201 g/mol. The predicted octanol–water partition coefficient (Wildman–Crippen LogP) is 1.89. The minimum Gasteiger partial charge on any atom is -0.377 e. The van der Waals surface area contributed by atoms with Gasteiger partial charge in [-0.1, -0.05) is 18.2 Å². The van der Waals surface area contributed by atoms with Gasteiger partial charge in [-0.05, 0) is 35.4 Å². The van der Waals surface area contributed by atoms with E-state index >= 15 is 0 Å². The van der Waals surface area contributed by atoms with Gasteiger partial charge in [0.2, 0.25) is 0 Å². The van der Waals surface area contributed by atoms with Crippen LogP contribution in [-0.4, -0.2) is 13.2 Å². The quantitative estimate of drug-likeness (QED) is 0.749. The van der Waals surface area contributed by atoms with Crippen molar-refractivity contribution in [1.82, 2.24) is 5.32 Å². The van der Waals surface area contributed by atoms with Crippen molar-refractivity contribution in [3.8, 4) is 0 Å². The Morgan fingerprint density at radius 3 is 2.80 bits per heavy atom. The van der Waals surface area contributed by atoms with Crippen molar-refractivity contribution >= 4 is 0 Å². The second kappa shape index (κ2) is 2.63. The van der Waals surface area contributed by atoms with Gasteiger partial charge in [-0.3, -0.25) is 5.32 Å². The van der Waals surface area contributed by atoms with Crippen LogP contribution in [0.2, 0.25) is 0 Å². The van der Waals surface area contributed by atoms with Crippen LogP contribution in [0.25, 0.3) is 0 Å². The van der Waals surface area contributed by atoms with Crippen molar-refractivity contribution in [2.45, 2.75) is 30.8 Å². The Morgan fingerprint density at radius 2 is 2.13 bits per heavy atom. The van der Waals surface area contributed by atoms with Gasteiger partial charge in [-0.2, -0.15) is 0 Å². The molecule has 0 aromatic heterocycles. The molecule has 1 N–H and O–H groups in total. The van der Waals surface area contributed by atoms with Crippen molar-refractivity contribution in [3.63, 3.8) is 0 Å². The van der Waals surface area contributed by atoms with Gasteiger partial charge in [0, 0.05) is 6.54 Å². The molecule has 0 atom stereocenters. The number of hydrogen-bond acceptors (Lipinski definition) is 2. The smallest absolute Gasteiger partial charge is 0.0914 e. The van der Waals surface area contributed by atoms with Gasteiger partial charge in [-0.15, -0.1) is 0 Å². The second-order valence-electron chi connectivity index (χ2n) is 5.12. The highest BCUT2D eigenvalue weighted by molar-refractivity contribution is 5.43. The van der Waals surface area contributed by atoms with Crippen LogP contribution < -0.4 is 5.32 Å². The van der Waals surface area contributed by atoms with Crippen LogP contribution in [0, 0.1) is 0 Å². The van der Waals surface area contributed by atoms with Crippen LogP contribution in [0.4, 0.5) is 0 Å². The summed E-state index contributed by atoms with van der Waals surface area (Å²) in [5.41, 5.74) is 4.71. The average Bonchev–Trinajstić information content (AvgIpc) is 2.96. The van der Waals surface area contributed by atoms with Crippen LogP contribution in [-0.2, 0) is 16.8 Å². The third kappa shape index (κ3) is 1.06. The Morgan fingerprint density at radius 1 is 1.27 bits per heavy atom. The van der Waals surface area contributed by atoms with Gasteiger partial charge >= 0.3 is 0 Å². The molecule has 2 nitrogen and oxygen atoms in total. The molecular formula is C13H15NO. The summed E-state index contributed by atoms with van der Waals surface area (Å²) in [4.78, 5) is 0. The summed E-state index contributed by atoms with van der Waals surface area (Å²) in [7, 11) is 0. The summed E-state index contributed by atoms with van der Waals surface area (Å²) in [5.74, 6) is 0.865. The molecule has 1 aliphatic carbocycles.